The van der Waals surface area contributed by atoms with Crippen LogP contribution in [-0.2, 0) is 4.79 Å². The second-order valence-electron chi connectivity index (χ2n) is 3.06. The molecular weight excluding hydrogens is 192 g/mol. The number of halogens is 1. The molecule has 13 heavy (non-hydrogen) atoms. The molecule has 1 aliphatic carbocycles. The summed E-state index contributed by atoms with van der Waals surface area (Å²) in [5.41, 5.74) is 12.2. The van der Waals surface area contributed by atoms with E-state index in [0.717, 1.165) is 0 Å². The molecule has 0 fully saturated rings. The average molecular weight is 203 g/mol. The Hall–Kier alpha value is -1.00. The summed E-state index contributed by atoms with van der Waals surface area (Å²) in [5.74, 6) is -0.915. The van der Waals surface area contributed by atoms with E-state index in [4.69, 9.17) is 28.2 Å². The van der Waals surface area contributed by atoms with Crippen molar-refractivity contribution >= 4 is 17.6 Å². The lowest BCUT2D eigenvalue weighted by Gasteiger charge is -2.23. The van der Waals surface area contributed by atoms with Gasteiger partial charge in [0.2, 0.25) is 0 Å². The van der Waals surface area contributed by atoms with Gasteiger partial charge in [0.25, 0.3) is 0 Å². The first-order chi connectivity index (χ1) is 5.91. The van der Waals surface area contributed by atoms with Crippen molar-refractivity contribution in [2.45, 2.75) is 17.8 Å². The van der Waals surface area contributed by atoms with Gasteiger partial charge in [-0.25, -0.2) is 0 Å². The topological polar surface area (TPSA) is 89.3 Å². The van der Waals surface area contributed by atoms with E-state index in [9.17, 15) is 4.79 Å². The van der Waals surface area contributed by atoms with Gasteiger partial charge in [0.05, 0.1) is 6.42 Å². The molecule has 1 aliphatic rings. The molecule has 5 heteroatoms. The van der Waals surface area contributed by atoms with Crippen molar-refractivity contribution in [3.63, 3.8) is 0 Å². The molecule has 1 unspecified atom stereocenters. The van der Waals surface area contributed by atoms with Gasteiger partial charge in [0.15, 0.2) is 0 Å². The van der Waals surface area contributed by atoms with Gasteiger partial charge in [-0.15, -0.1) is 0 Å². The normalized spacial score (nSPS) is 27.8. The van der Waals surface area contributed by atoms with Crippen LogP contribution >= 0.6 is 11.6 Å². The molecule has 0 aromatic rings. The van der Waals surface area contributed by atoms with Crippen LogP contribution < -0.4 is 11.5 Å². The number of aliphatic carboxylic acids is 1. The van der Waals surface area contributed by atoms with Crippen molar-refractivity contribution in [1.29, 1.82) is 0 Å². The maximum atomic E-state index is 10.4. The second-order valence-corrected chi connectivity index (χ2v) is 3.76. The predicted molar refractivity (Wildman–Crippen MR) is 50.0 cm³/mol. The highest BCUT2D eigenvalue weighted by atomic mass is 35.5. The third-order valence-corrected chi connectivity index (χ3v) is 2.04. The summed E-state index contributed by atoms with van der Waals surface area (Å²) in [5, 5.41) is 8.53. The highest BCUT2D eigenvalue weighted by Gasteiger charge is 2.24. The standard InChI is InChI=1S/C8H11ClN2O2/c9-8(11)2-1-5(3-7(12)13)6(10)4-8/h1-2H,3-4,10-11H2,(H,12,13). The van der Waals surface area contributed by atoms with Gasteiger partial charge in [-0.2, -0.15) is 0 Å². The Morgan fingerprint density at radius 2 is 2.38 bits per heavy atom. The van der Waals surface area contributed by atoms with Crippen molar-refractivity contribution < 1.29 is 9.90 Å². The van der Waals surface area contributed by atoms with Gasteiger partial charge in [0.1, 0.15) is 5.00 Å². The number of hydrogen-bond donors (Lipinski definition) is 3. The van der Waals surface area contributed by atoms with Gasteiger partial charge >= 0.3 is 5.97 Å². The van der Waals surface area contributed by atoms with Gasteiger partial charge in [0, 0.05) is 12.1 Å². The van der Waals surface area contributed by atoms with Crippen LogP contribution in [0.5, 0.6) is 0 Å². The zero-order chi connectivity index (χ0) is 10.1. The number of alkyl halides is 1. The molecule has 0 saturated heterocycles. The first-order valence-corrected chi connectivity index (χ1v) is 4.15. The van der Waals surface area contributed by atoms with E-state index in [1.54, 1.807) is 12.2 Å². The van der Waals surface area contributed by atoms with Crippen molar-refractivity contribution in [2.75, 3.05) is 0 Å². The van der Waals surface area contributed by atoms with Crippen LogP contribution in [0, 0.1) is 0 Å². The minimum absolute atomic E-state index is 0.0880. The fourth-order valence-electron chi connectivity index (χ4n) is 1.15. The highest BCUT2D eigenvalue weighted by molar-refractivity contribution is 6.25. The first kappa shape index (κ1) is 10.1. The van der Waals surface area contributed by atoms with Gasteiger partial charge in [-0.1, -0.05) is 17.7 Å². The summed E-state index contributed by atoms with van der Waals surface area (Å²) in [6.07, 6.45) is 3.33. The zero-order valence-corrected chi connectivity index (χ0v) is 7.71. The molecule has 0 spiro atoms. The summed E-state index contributed by atoms with van der Waals surface area (Å²) >= 11 is 5.80. The molecule has 0 amide bonds. The van der Waals surface area contributed by atoms with Crippen molar-refractivity contribution in [2.24, 2.45) is 11.5 Å². The molecular formula is C8H11ClN2O2. The average Bonchev–Trinajstić information content (AvgIpc) is 1.93. The van der Waals surface area contributed by atoms with E-state index >= 15 is 0 Å². The van der Waals surface area contributed by atoms with E-state index < -0.39 is 11.0 Å². The lowest BCUT2D eigenvalue weighted by molar-refractivity contribution is -0.136. The Kier molecular flexibility index (Phi) is 2.63. The van der Waals surface area contributed by atoms with Gasteiger partial charge in [-0.3, -0.25) is 4.79 Å². The lowest BCUT2D eigenvalue weighted by Crippen LogP contribution is -2.34. The fraction of sp³-hybridized carbons (Fsp3) is 0.375. The Bertz CT molecular complexity index is 295. The number of allylic oxidation sites excluding steroid dienone is 1. The number of hydrogen-bond acceptors (Lipinski definition) is 3. The van der Waals surface area contributed by atoms with Crippen LogP contribution in [0.25, 0.3) is 0 Å². The SMILES string of the molecule is NC1=C(CC(=O)O)C=CC(N)(Cl)C1. The zero-order valence-electron chi connectivity index (χ0n) is 6.96. The van der Waals surface area contributed by atoms with Gasteiger partial charge in [-0.05, 0) is 11.6 Å². The monoisotopic (exact) mass is 202 g/mol. The molecule has 0 bridgehead atoms. The minimum Gasteiger partial charge on any atom is -0.481 e. The van der Waals surface area contributed by atoms with Crippen molar-refractivity contribution in [3.05, 3.63) is 23.4 Å². The third kappa shape index (κ3) is 2.75. The summed E-state index contributed by atoms with van der Waals surface area (Å²) in [7, 11) is 0. The third-order valence-electron chi connectivity index (χ3n) is 1.78. The van der Waals surface area contributed by atoms with Crippen LogP contribution in [0.4, 0.5) is 0 Å². The van der Waals surface area contributed by atoms with Crippen molar-refractivity contribution in [3.8, 4) is 0 Å². The molecule has 4 nitrogen and oxygen atoms in total. The first-order valence-electron chi connectivity index (χ1n) is 3.77. The van der Waals surface area contributed by atoms with Crippen LogP contribution in [-0.4, -0.2) is 16.1 Å². The van der Waals surface area contributed by atoms with Crippen LogP contribution in [0.2, 0.25) is 0 Å². The summed E-state index contributed by atoms with van der Waals surface area (Å²) in [6.45, 7) is 0. The van der Waals surface area contributed by atoms with E-state index in [1.165, 1.54) is 0 Å². The van der Waals surface area contributed by atoms with Crippen LogP contribution in [0.1, 0.15) is 12.8 Å². The van der Waals surface area contributed by atoms with Gasteiger partial charge < -0.3 is 16.6 Å². The molecule has 0 radical (unpaired) electrons. The Labute approximate surface area is 80.8 Å². The summed E-state index contributed by atoms with van der Waals surface area (Å²) in [6, 6.07) is 0. The molecule has 72 valence electrons. The molecule has 0 aromatic carbocycles. The molecule has 0 heterocycles. The predicted octanol–water partition coefficient (Wildman–Crippen LogP) is 0.528. The molecule has 0 aliphatic heterocycles. The summed E-state index contributed by atoms with van der Waals surface area (Å²) in [4.78, 5) is 9.42. The maximum Gasteiger partial charge on any atom is 0.307 e. The number of rotatable bonds is 2. The van der Waals surface area contributed by atoms with E-state index in [-0.39, 0.29) is 12.8 Å². The Balaban J connectivity index is 2.79. The van der Waals surface area contributed by atoms with Crippen molar-refractivity contribution in [1.82, 2.24) is 0 Å². The maximum absolute atomic E-state index is 10.4. The van der Waals surface area contributed by atoms with E-state index in [2.05, 4.69) is 0 Å². The number of nitrogens with two attached hydrogens (primary N) is 2. The number of carboxylic acids is 1. The number of carboxylic acid groups (broad SMARTS) is 1. The Morgan fingerprint density at radius 3 is 2.85 bits per heavy atom. The lowest BCUT2D eigenvalue weighted by atomic mass is 9.98. The van der Waals surface area contributed by atoms with E-state index in [0.29, 0.717) is 11.3 Å². The second kappa shape index (κ2) is 3.40. The molecule has 5 N–H and O–H groups in total. The minimum atomic E-state index is -0.966. The molecule has 0 aromatic heterocycles. The fourth-order valence-corrected chi connectivity index (χ4v) is 1.35. The molecule has 1 rings (SSSR count). The number of carbonyl (C=O) groups is 1. The van der Waals surface area contributed by atoms with Crippen LogP contribution in [0.15, 0.2) is 23.4 Å². The highest BCUT2D eigenvalue weighted by Crippen LogP contribution is 2.26. The van der Waals surface area contributed by atoms with Crippen LogP contribution in [0.3, 0.4) is 0 Å². The molecule has 1 atom stereocenters. The molecule has 0 saturated carbocycles. The van der Waals surface area contributed by atoms with E-state index in [1.807, 2.05) is 0 Å². The quantitative estimate of drug-likeness (QED) is 0.450. The smallest absolute Gasteiger partial charge is 0.307 e. The summed E-state index contributed by atoms with van der Waals surface area (Å²) < 4.78 is 0. The largest absolute Gasteiger partial charge is 0.481 e. The Morgan fingerprint density at radius 1 is 1.77 bits per heavy atom.